The molecule has 0 saturated heterocycles. The smallest absolute Gasteiger partial charge is 0.290 e. The van der Waals surface area contributed by atoms with E-state index in [9.17, 15) is 14.4 Å². The molecule has 0 aliphatic heterocycles. The van der Waals surface area contributed by atoms with Crippen molar-refractivity contribution in [3.63, 3.8) is 0 Å². The molecular weight excluding hydrogens is 370 g/mol. The van der Waals surface area contributed by atoms with E-state index >= 15 is 0 Å². The number of unbranched alkanes of at least 4 members (excludes halogenated alkanes) is 1. The number of carbonyl (C=O) groups excluding carboxylic acids is 2. The molecule has 3 aromatic rings. The van der Waals surface area contributed by atoms with Crippen molar-refractivity contribution in [1.82, 2.24) is 21.0 Å². The summed E-state index contributed by atoms with van der Waals surface area (Å²) in [6, 6.07) is 13.8. The quantitative estimate of drug-likeness (QED) is 0.557. The predicted molar refractivity (Wildman–Crippen MR) is 112 cm³/mol. The van der Waals surface area contributed by atoms with Gasteiger partial charge in [-0.2, -0.15) is 5.10 Å². The number of hydrogen-bond donors (Lipinski definition) is 3. The van der Waals surface area contributed by atoms with Crippen molar-refractivity contribution in [1.29, 1.82) is 0 Å². The van der Waals surface area contributed by atoms with Gasteiger partial charge in [0.05, 0.1) is 5.39 Å². The maximum atomic E-state index is 12.4. The second kappa shape index (κ2) is 9.01. The molecule has 8 nitrogen and oxygen atoms in total. The van der Waals surface area contributed by atoms with Gasteiger partial charge in [-0.25, -0.2) is 5.10 Å². The molecule has 150 valence electrons. The van der Waals surface area contributed by atoms with Crippen LogP contribution in [-0.4, -0.2) is 35.6 Å². The zero-order chi connectivity index (χ0) is 20.8. The first-order chi connectivity index (χ1) is 14.0. The Kier molecular flexibility index (Phi) is 6.23. The zero-order valence-electron chi connectivity index (χ0n) is 16.4. The summed E-state index contributed by atoms with van der Waals surface area (Å²) < 4.78 is 0. The van der Waals surface area contributed by atoms with Gasteiger partial charge >= 0.3 is 0 Å². The molecule has 2 amide bonds. The van der Waals surface area contributed by atoms with Crippen LogP contribution in [0.1, 0.15) is 40.6 Å². The van der Waals surface area contributed by atoms with Crippen molar-refractivity contribution >= 4 is 28.3 Å². The summed E-state index contributed by atoms with van der Waals surface area (Å²) in [6.45, 7) is 3.08. The maximum absolute atomic E-state index is 12.4. The van der Waals surface area contributed by atoms with Crippen molar-refractivity contribution in [3.05, 3.63) is 70.1 Å². The summed E-state index contributed by atoms with van der Waals surface area (Å²) in [5.41, 5.74) is 5.78. The minimum atomic E-state index is -0.623. The number of nitrogens with zero attached hydrogens (tertiary/aromatic N) is 2. The highest BCUT2D eigenvalue weighted by Gasteiger charge is 2.15. The Morgan fingerprint density at radius 1 is 1.00 bits per heavy atom. The maximum Gasteiger partial charge on any atom is 0.290 e. The van der Waals surface area contributed by atoms with Crippen LogP contribution in [0.25, 0.3) is 10.8 Å². The molecule has 3 N–H and O–H groups in total. The van der Waals surface area contributed by atoms with Crippen molar-refractivity contribution in [2.24, 2.45) is 0 Å². The van der Waals surface area contributed by atoms with E-state index in [1.807, 2.05) is 19.2 Å². The molecule has 0 aliphatic carbocycles. The number of aromatic amines is 1. The number of hydrazine groups is 1. The number of nitrogens with one attached hydrogen (secondary N) is 3. The molecular formula is C21H23N5O3. The SMILES string of the molecule is CCCCN(C)c1ccc(C(=O)NNC(=O)c2n[nH]c(=O)c3ccccc23)cc1. The van der Waals surface area contributed by atoms with Crippen molar-refractivity contribution < 1.29 is 9.59 Å². The molecule has 8 heteroatoms. The number of aromatic nitrogens is 2. The van der Waals surface area contributed by atoms with Crippen LogP contribution >= 0.6 is 0 Å². The first-order valence-corrected chi connectivity index (χ1v) is 9.40. The van der Waals surface area contributed by atoms with Crippen LogP contribution in [0.3, 0.4) is 0 Å². The normalized spacial score (nSPS) is 10.6. The lowest BCUT2D eigenvalue weighted by Gasteiger charge is -2.19. The van der Waals surface area contributed by atoms with Gasteiger partial charge in [-0.1, -0.05) is 31.5 Å². The van der Waals surface area contributed by atoms with Crippen LogP contribution in [-0.2, 0) is 0 Å². The standard InChI is InChI=1S/C21H23N5O3/c1-3-4-13-26(2)15-11-9-14(10-12-15)19(27)23-25-21(29)18-16-7-5-6-8-17(16)20(28)24-22-18/h5-12H,3-4,13H2,1-2H3,(H,23,27)(H,24,28)(H,25,29). The number of rotatable bonds is 6. The van der Waals surface area contributed by atoms with Crippen LogP contribution in [0.5, 0.6) is 0 Å². The lowest BCUT2D eigenvalue weighted by Crippen LogP contribution is -2.42. The second-order valence-corrected chi connectivity index (χ2v) is 6.68. The number of carbonyl (C=O) groups is 2. The number of anilines is 1. The van der Waals surface area contributed by atoms with Gasteiger partial charge in [0, 0.05) is 30.2 Å². The van der Waals surface area contributed by atoms with Gasteiger partial charge in [-0.15, -0.1) is 0 Å². The topological polar surface area (TPSA) is 107 Å². The average molecular weight is 393 g/mol. The van der Waals surface area contributed by atoms with Crippen LogP contribution in [0.4, 0.5) is 5.69 Å². The summed E-state index contributed by atoms with van der Waals surface area (Å²) >= 11 is 0. The molecule has 1 aromatic heterocycles. The third-order valence-electron chi connectivity index (χ3n) is 4.62. The van der Waals surface area contributed by atoms with Crippen molar-refractivity contribution in [2.45, 2.75) is 19.8 Å². The van der Waals surface area contributed by atoms with E-state index in [1.165, 1.54) is 0 Å². The van der Waals surface area contributed by atoms with Gasteiger partial charge in [0.1, 0.15) is 0 Å². The van der Waals surface area contributed by atoms with Gasteiger partial charge in [-0.05, 0) is 36.8 Å². The monoisotopic (exact) mass is 393 g/mol. The number of fused-ring (bicyclic) bond motifs is 1. The van der Waals surface area contributed by atoms with E-state index in [2.05, 4.69) is 32.9 Å². The summed E-state index contributed by atoms with van der Waals surface area (Å²) in [6.07, 6.45) is 2.21. The minimum Gasteiger partial charge on any atom is -0.375 e. The fourth-order valence-corrected chi connectivity index (χ4v) is 2.92. The Hall–Kier alpha value is -3.68. The largest absolute Gasteiger partial charge is 0.375 e. The number of benzene rings is 2. The first-order valence-electron chi connectivity index (χ1n) is 9.40. The molecule has 0 spiro atoms. The van der Waals surface area contributed by atoms with Gasteiger partial charge < -0.3 is 4.90 Å². The summed E-state index contributed by atoms with van der Waals surface area (Å²) in [7, 11) is 2.01. The minimum absolute atomic E-state index is 0.0217. The molecule has 2 aromatic carbocycles. The Bertz CT molecular complexity index is 1080. The molecule has 0 aliphatic rings. The van der Waals surface area contributed by atoms with Crippen LogP contribution in [0.15, 0.2) is 53.3 Å². The molecule has 0 radical (unpaired) electrons. The lowest BCUT2D eigenvalue weighted by atomic mass is 10.1. The van der Waals surface area contributed by atoms with Gasteiger partial charge in [0.25, 0.3) is 17.4 Å². The summed E-state index contributed by atoms with van der Waals surface area (Å²) in [5.74, 6) is -1.07. The molecule has 29 heavy (non-hydrogen) atoms. The molecule has 0 fully saturated rings. The average Bonchev–Trinajstić information content (AvgIpc) is 2.76. The third kappa shape index (κ3) is 4.60. The van der Waals surface area contributed by atoms with Crippen molar-refractivity contribution in [2.75, 3.05) is 18.5 Å². The Labute approximate surface area is 167 Å². The Morgan fingerprint density at radius 3 is 2.34 bits per heavy atom. The summed E-state index contributed by atoms with van der Waals surface area (Å²) in [4.78, 5) is 38.7. The van der Waals surface area contributed by atoms with Gasteiger partial charge in [0.15, 0.2) is 5.69 Å². The molecule has 0 saturated carbocycles. The highest BCUT2D eigenvalue weighted by molar-refractivity contribution is 6.05. The molecule has 1 heterocycles. The zero-order valence-corrected chi connectivity index (χ0v) is 16.4. The van der Waals surface area contributed by atoms with E-state index < -0.39 is 11.8 Å². The highest BCUT2D eigenvalue weighted by atomic mass is 16.2. The van der Waals surface area contributed by atoms with E-state index in [0.717, 1.165) is 25.1 Å². The van der Waals surface area contributed by atoms with E-state index in [4.69, 9.17) is 0 Å². The van der Waals surface area contributed by atoms with Gasteiger partial charge in [0.2, 0.25) is 0 Å². The molecule has 0 atom stereocenters. The first kappa shape index (κ1) is 20.1. The van der Waals surface area contributed by atoms with Crippen LogP contribution in [0, 0.1) is 0 Å². The van der Waals surface area contributed by atoms with Crippen LogP contribution < -0.4 is 21.3 Å². The number of hydrogen-bond acceptors (Lipinski definition) is 5. The van der Waals surface area contributed by atoms with Gasteiger partial charge in [-0.3, -0.25) is 25.2 Å². The fraction of sp³-hybridized carbons (Fsp3) is 0.238. The summed E-state index contributed by atoms with van der Waals surface area (Å²) in [5, 5.41) is 6.85. The van der Waals surface area contributed by atoms with E-state index in [1.54, 1.807) is 36.4 Å². The van der Waals surface area contributed by atoms with Crippen LogP contribution in [0.2, 0.25) is 0 Å². The highest BCUT2D eigenvalue weighted by Crippen LogP contribution is 2.15. The number of H-pyrrole nitrogens is 1. The predicted octanol–water partition coefficient (Wildman–Crippen LogP) is 2.23. The molecule has 0 unspecified atom stereocenters. The van der Waals surface area contributed by atoms with E-state index in [0.29, 0.717) is 16.3 Å². The fourth-order valence-electron chi connectivity index (χ4n) is 2.92. The number of amides is 2. The third-order valence-corrected chi connectivity index (χ3v) is 4.62. The van der Waals surface area contributed by atoms with E-state index in [-0.39, 0.29) is 11.3 Å². The molecule has 3 rings (SSSR count). The molecule has 0 bridgehead atoms. The lowest BCUT2D eigenvalue weighted by molar-refractivity contribution is 0.0844. The second-order valence-electron chi connectivity index (χ2n) is 6.68. The Balaban J connectivity index is 1.66. The Morgan fingerprint density at radius 2 is 1.66 bits per heavy atom. The van der Waals surface area contributed by atoms with Crippen molar-refractivity contribution in [3.8, 4) is 0 Å².